The Labute approximate surface area is 113 Å². The van der Waals surface area contributed by atoms with E-state index in [1.807, 2.05) is 24.3 Å². The third-order valence-electron chi connectivity index (χ3n) is 2.95. The molecular weight excluding hydrogens is 244 g/mol. The second kappa shape index (κ2) is 7.41. The smallest absolute Gasteiger partial charge is 0.326 e. The number of hydrogen-bond acceptors (Lipinski definition) is 2. The predicted octanol–water partition coefficient (Wildman–Crippen LogP) is 1.91. The van der Waals surface area contributed by atoms with Crippen molar-refractivity contribution in [3.8, 4) is 0 Å². The average Bonchev–Trinajstić information content (AvgIpc) is 2.42. The van der Waals surface area contributed by atoms with Gasteiger partial charge in [-0.15, -0.1) is 0 Å². The Balaban J connectivity index is 2.52. The molecule has 0 saturated carbocycles. The van der Waals surface area contributed by atoms with E-state index in [9.17, 15) is 9.59 Å². The standard InChI is InChI=1S/C14H20N2O3/c1-3-10-7-5-6-8-11(10)9-15-14(19)16-12(4-2)13(17)18/h5-8,12H,3-4,9H2,1-2H3,(H,17,18)(H2,15,16,19)/t12-/m1/s1. The number of urea groups is 1. The molecule has 3 N–H and O–H groups in total. The summed E-state index contributed by atoms with van der Waals surface area (Å²) < 4.78 is 0. The lowest BCUT2D eigenvalue weighted by Crippen LogP contribution is -2.45. The second-order valence-corrected chi connectivity index (χ2v) is 4.25. The third-order valence-corrected chi connectivity index (χ3v) is 2.95. The molecule has 1 rings (SSSR count). The first-order chi connectivity index (χ1) is 9.08. The van der Waals surface area contributed by atoms with Gasteiger partial charge in [-0.1, -0.05) is 38.1 Å². The molecule has 104 valence electrons. The van der Waals surface area contributed by atoms with Gasteiger partial charge in [0.2, 0.25) is 0 Å². The molecule has 1 aromatic carbocycles. The summed E-state index contributed by atoms with van der Waals surface area (Å²) in [5.41, 5.74) is 2.22. The number of carbonyl (C=O) groups is 2. The normalized spacial score (nSPS) is 11.7. The van der Waals surface area contributed by atoms with Crippen LogP contribution in [0.25, 0.3) is 0 Å². The van der Waals surface area contributed by atoms with E-state index < -0.39 is 18.0 Å². The van der Waals surface area contributed by atoms with Crippen LogP contribution in [0.1, 0.15) is 31.4 Å². The van der Waals surface area contributed by atoms with Crippen LogP contribution in [0.2, 0.25) is 0 Å². The van der Waals surface area contributed by atoms with Gasteiger partial charge in [0.25, 0.3) is 0 Å². The molecule has 0 aromatic heterocycles. The maximum absolute atomic E-state index is 11.6. The molecule has 0 fully saturated rings. The lowest BCUT2D eigenvalue weighted by atomic mass is 10.1. The van der Waals surface area contributed by atoms with Gasteiger partial charge in [0.15, 0.2) is 0 Å². The van der Waals surface area contributed by atoms with Gasteiger partial charge in [-0.3, -0.25) is 0 Å². The average molecular weight is 264 g/mol. The number of aliphatic carboxylic acids is 1. The van der Waals surface area contributed by atoms with Crippen molar-refractivity contribution in [2.45, 2.75) is 39.3 Å². The van der Waals surface area contributed by atoms with Crippen LogP contribution in [0.15, 0.2) is 24.3 Å². The van der Waals surface area contributed by atoms with Gasteiger partial charge in [-0.05, 0) is 24.0 Å². The Bertz CT molecular complexity index is 446. The molecule has 2 amide bonds. The van der Waals surface area contributed by atoms with Gasteiger partial charge in [0, 0.05) is 6.54 Å². The number of aryl methyl sites for hydroxylation is 1. The molecule has 5 nitrogen and oxygen atoms in total. The summed E-state index contributed by atoms with van der Waals surface area (Å²) in [4.78, 5) is 22.4. The molecule has 0 bridgehead atoms. The Hall–Kier alpha value is -2.04. The fourth-order valence-corrected chi connectivity index (χ4v) is 1.80. The van der Waals surface area contributed by atoms with Crippen molar-refractivity contribution in [3.05, 3.63) is 35.4 Å². The Morgan fingerprint density at radius 2 is 1.84 bits per heavy atom. The highest BCUT2D eigenvalue weighted by Gasteiger charge is 2.17. The van der Waals surface area contributed by atoms with Crippen molar-refractivity contribution in [2.24, 2.45) is 0 Å². The fraction of sp³-hybridized carbons (Fsp3) is 0.429. The summed E-state index contributed by atoms with van der Waals surface area (Å²) in [6.45, 7) is 4.16. The Morgan fingerprint density at radius 1 is 1.21 bits per heavy atom. The quantitative estimate of drug-likeness (QED) is 0.734. The fourth-order valence-electron chi connectivity index (χ4n) is 1.80. The molecule has 0 saturated heterocycles. The van der Waals surface area contributed by atoms with Crippen LogP contribution >= 0.6 is 0 Å². The molecule has 0 aliphatic carbocycles. The predicted molar refractivity (Wildman–Crippen MR) is 72.9 cm³/mol. The van der Waals surface area contributed by atoms with E-state index in [1.54, 1.807) is 6.92 Å². The van der Waals surface area contributed by atoms with E-state index in [1.165, 1.54) is 5.56 Å². The van der Waals surface area contributed by atoms with Crippen molar-refractivity contribution in [3.63, 3.8) is 0 Å². The highest BCUT2D eigenvalue weighted by molar-refractivity contribution is 5.82. The molecule has 0 radical (unpaired) electrons. The highest BCUT2D eigenvalue weighted by atomic mass is 16.4. The van der Waals surface area contributed by atoms with Crippen LogP contribution in [0.3, 0.4) is 0 Å². The minimum Gasteiger partial charge on any atom is -0.480 e. The summed E-state index contributed by atoms with van der Waals surface area (Å²) in [5, 5.41) is 14.0. The maximum atomic E-state index is 11.6. The van der Waals surface area contributed by atoms with E-state index in [4.69, 9.17) is 5.11 Å². The topological polar surface area (TPSA) is 78.4 Å². The highest BCUT2D eigenvalue weighted by Crippen LogP contribution is 2.08. The van der Waals surface area contributed by atoms with E-state index in [2.05, 4.69) is 17.6 Å². The van der Waals surface area contributed by atoms with Crippen LogP contribution in [0, 0.1) is 0 Å². The van der Waals surface area contributed by atoms with Crippen LogP contribution in [0.4, 0.5) is 4.79 Å². The molecule has 0 heterocycles. The molecule has 5 heteroatoms. The number of carboxylic acid groups (broad SMARTS) is 1. The summed E-state index contributed by atoms with van der Waals surface area (Å²) in [5.74, 6) is -1.02. The monoisotopic (exact) mass is 264 g/mol. The van der Waals surface area contributed by atoms with Gasteiger partial charge in [-0.25, -0.2) is 9.59 Å². The SMILES string of the molecule is CCc1ccccc1CNC(=O)N[C@H](CC)C(=O)O. The Morgan fingerprint density at radius 3 is 2.37 bits per heavy atom. The zero-order valence-electron chi connectivity index (χ0n) is 11.3. The van der Waals surface area contributed by atoms with Crippen LogP contribution < -0.4 is 10.6 Å². The molecule has 1 atom stereocenters. The molecular formula is C14H20N2O3. The number of benzene rings is 1. The van der Waals surface area contributed by atoms with E-state index in [0.717, 1.165) is 12.0 Å². The van der Waals surface area contributed by atoms with Crippen molar-refractivity contribution >= 4 is 12.0 Å². The zero-order valence-corrected chi connectivity index (χ0v) is 11.3. The first-order valence-corrected chi connectivity index (χ1v) is 6.42. The van der Waals surface area contributed by atoms with Crippen molar-refractivity contribution in [2.75, 3.05) is 0 Å². The molecule has 0 aliphatic rings. The van der Waals surface area contributed by atoms with E-state index in [0.29, 0.717) is 13.0 Å². The molecule has 0 spiro atoms. The zero-order chi connectivity index (χ0) is 14.3. The molecule has 0 aliphatic heterocycles. The van der Waals surface area contributed by atoms with Crippen molar-refractivity contribution in [1.82, 2.24) is 10.6 Å². The summed E-state index contributed by atoms with van der Waals surface area (Å²) >= 11 is 0. The van der Waals surface area contributed by atoms with Gasteiger partial charge in [0.1, 0.15) is 6.04 Å². The molecule has 0 unspecified atom stereocenters. The number of carbonyl (C=O) groups excluding carboxylic acids is 1. The summed E-state index contributed by atoms with van der Waals surface area (Å²) in [7, 11) is 0. The van der Waals surface area contributed by atoms with Gasteiger partial charge >= 0.3 is 12.0 Å². The first-order valence-electron chi connectivity index (χ1n) is 6.42. The number of nitrogens with one attached hydrogen (secondary N) is 2. The van der Waals surface area contributed by atoms with Gasteiger partial charge in [-0.2, -0.15) is 0 Å². The Kier molecular flexibility index (Phi) is 5.85. The number of amides is 2. The van der Waals surface area contributed by atoms with E-state index in [-0.39, 0.29) is 0 Å². The first kappa shape index (κ1) is 15.0. The number of rotatable bonds is 6. The van der Waals surface area contributed by atoms with Gasteiger partial charge in [0.05, 0.1) is 0 Å². The van der Waals surface area contributed by atoms with Crippen molar-refractivity contribution < 1.29 is 14.7 Å². The maximum Gasteiger partial charge on any atom is 0.326 e. The van der Waals surface area contributed by atoms with Crippen LogP contribution in [0.5, 0.6) is 0 Å². The lowest BCUT2D eigenvalue weighted by Gasteiger charge is -2.14. The van der Waals surface area contributed by atoms with E-state index >= 15 is 0 Å². The largest absolute Gasteiger partial charge is 0.480 e. The molecule has 19 heavy (non-hydrogen) atoms. The summed E-state index contributed by atoms with van der Waals surface area (Å²) in [6, 6.07) is 6.54. The number of hydrogen-bond donors (Lipinski definition) is 3. The van der Waals surface area contributed by atoms with Gasteiger partial charge < -0.3 is 15.7 Å². The van der Waals surface area contributed by atoms with Crippen LogP contribution in [-0.4, -0.2) is 23.1 Å². The lowest BCUT2D eigenvalue weighted by molar-refractivity contribution is -0.139. The second-order valence-electron chi connectivity index (χ2n) is 4.25. The minimum absolute atomic E-state index is 0.355. The van der Waals surface area contributed by atoms with Crippen LogP contribution in [-0.2, 0) is 17.8 Å². The molecule has 1 aromatic rings. The number of carboxylic acids is 1. The van der Waals surface area contributed by atoms with Crippen molar-refractivity contribution in [1.29, 1.82) is 0 Å². The summed E-state index contributed by atoms with van der Waals surface area (Å²) in [6.07, 6.45) is 1.25. The minimum atomic E-state index is -1.02. The third kappa shape index (κ3) is 4.62.